The number of aromatic nitrogens is 3. The minimum absolute atomic E-state index is 0.0423. The van der Waals surface area contributed by atoms with E-state index in [1.165, 1.54) is 24.4 Å². The predicted octanol–water partition coefficient (Wildman–Crippen LogP) is 3.22. The van der Waals surface area contributed by atoms with Crippen molar-refractivity contribution in [2.75, 3.05) is 68.1 Å². The molecule has 2 aliphatic heterocycles. The van der Waals surface area contributed by atoms with Gasteiger partial charge in [-0.25, -0.2) is 14.4 Å². The Kier molecular flexibility index (Phi) is 7.95. The SMILES string of the molecule is C[C@H]1CN(c2cc(F)c(-c3ccnc(N4CCOCC4)n3)cc2NC(=O)c2c[nH]c(=O)cc2C(F)(F)F)CCN1C. The summed E-state index contributed by atoms with van der Waals surface area (Å²) >= 11 is 0. The summed E-state index contributed by atoms with van der Waals surface area (Å²) in [7, 11) is 1.96. The molecule has 0 aliphatic carbocycles. The van der Waals surface area contributed by atoms with E-state index in [4.69, 9.17) is 4.74 Å². The molecule has 2 aromatic heterocycles. The van der Waals surface area contributed by atoms with E-state index in [0.29, 0.717) is 63.6 Å². The molecule has 14 heteroatoms. The fourth-order valence-electron chi connectivity index (χ4n) is 4.89. The first-order valence-electron chi connectivity index (χ1n) is 13.1. The first kappa shape index (κ1) is 28.5. The molecule has 218 valence electrons. The van der Waals surface area contributed by atoms with Crippen molar-refractivity contribution in [3.05, 3.63) is 64.0 Å². The van der Waals surface area contributed by atoms with Crippen LogP contribution in [0.4, 0.5) is 34.9 Å². The third kappa shape index (κ3) is 6.17. The second-order valence-electron chi connectivity index (χ2n) is 10.0. The van der Waals surface area contributed by atoms with Crippen LogP contribution in [0.5, 0.6) is 0 Å². The molecule has 0 spiro atoms. The highest BCUT2D eigenvalue weighted by atomic mass is 19.4. The van der Waals surface area contributed by atoms with Gasteiger partial charge in [0, 0.05) is 62.8 Å². The number of piperazine rings is 1. The second kappa shape index (κ2) is 11.4. The van der Waals surface area contributed by atoms with E-state index in [0.717, 1.165) is 6.20 Å². The molecular formula is C27H29F4N7O3. The number of benzene rings is 1. The number of anilines is 3. The maximum absolute atomic E-state index is 15.7. The van der Waals surface area contributed by atoms with Gasteiger partial charge in [0.05, 0.1) is 41.4 Å². The third-order valence-corrected chi connectivity index (χ3v) is 7.32. The van der Waals surface area contributed by atoms with Crippen LogP contribution in [0.15, 0.2) is 41.5 Å². The zero-order chi connectivity index (χ0) is 29.3. The summed E-state index contributed by atoms with van der Waals surface area (Å²) in [6.45, 7) is 5.79. The number of likely N-dealkylation sites (N-methyl/N-ethyl adjacent to an activating group) is 1. The molecule has 0 saturated carbocycles. The molecule has 2 N–H and O–H groups in total. The number of carbonyl (C=O) groups is 1. The van der Waals surface area contributed by atoms with Crippen molar-refractivity contribution in [1.82, 2.24) is 19.9 Å². The van der Waals surface area contributed by atoms with Crippen LogP contribution < -0.4 is 20.7 Å². The Balaban J connectivity index is 1.56. The number of carbonyl (C=O) groups excluding carboxylic acids is 1. The highest BCUT2D eigenvalue weighted by Crippen LogP contribution is 2.36. The van der Waals surface area contributed by atoms with Crippen LogP contribution in [0.2, 0.25) is 0 Å². The quantitative estimate of drug-likeness (QED) is 0.447. The summed E-state index contributed by atoms with van der Waals surface area (Å²) in [5.41, 5.74) is -2.42. The molecule has 5 rings (SSSR count). The van der Waals surface area contributed by atoms with Gasteiger partial charge >= 0.3 is 6.18 Å². The minimum atomic E-state index is -4.94. The molecule has 0 radical (unpaired) electrons. The summed E-state index contributed by atoms with van der Waals surface area (Å²) in [4.78, 5) is 41.7. The smallest absolute Gasteiger partial charge is 0.378 e. The van der Waals surface area contributed by atoms with Gasteiger partial charge in [0.25, 0.3) is 5.91 Å². The fourth-order valence-corrected chi connectivity index (χ4v) is 4.89. The monoisotopic (exact) mass is 575 g/mol. The maximum atomic E-state index is 15.7. The van der Waals surface area contributed by atoms with Crippen LogP contribution in [0, 0.1) is 5.82 Å². The standard InChI is InChI=1S/C27H29F4N7O3/c1-16-15-38(6-5-36(16)2)23-13-20(28)17(21-3-4-32-26(35-21)37-7-9-41-10-8-37)11-22(23)34-25(40)18-14-33-24(39)12-19(18)27(29,30)31/h3-4,11-14,16H,5-10,15H2,1-2H3,(H,33,39)(H,34,40)/t16-/m0/s1. The van der Waals surface area contributed by atoms with E-state index in [-0.39, 0.29) is 23.0 Å². The molecule has 2 saturated heterocycles. The Labute approximate surface area is 233 Å². The van der Waals surface area contributed by atoms with Crippen LogP contribution in [0.25, 0.3) is 11.3 Å². The lowest BCUT2D eigenvalue weighted by molar-refractivity contribution is -0.138. The van der Waals surface area contributed by atoms with E-state index in [1.54, 1.807) is 0 Å². The number of nitrogens with zero attached hydrogens (tertiary/aromatic N) is 5. The minimum Gasteiger partial charge on any atom is -0.378 e. The topological polar surface area (TPSA) is 107 Å². The summed E-state index contributed by atoms with van der Waals surface area (Å²) in [5.74, 6) is -1.33. The first-order chi connectivity index (χ1) is 19.5. The number of hydrogen-bond donors (Lipinski definition) is 2. The first-order valence-corrected chi connectivity index (χ1v) is 13.1. The average Bonchev–Trinajstić information content (AvgIpc) is 2.95. The number of H-pyrrole nitrogens is 1. The molecule has 0 unspecified atom stereocenters. The van der Waals surface area contributed by atoms with Crippen LogP contribution in [-0.4, -0.2) is 84.8 Å². The van der Waals surface area contributed by atoms with Crippen molar-refractivity contribution in [3.8, 4) is 11.3 Å². The zero-order valence-corrected chi connectivity index (χ0v) is 22.5. The van der Waals surface area contributed by atoms with Crippen molar-refractivity contribution in [3.63, 3.8) is 0 Å². The number of halogens is 4. The van der Waals surface area contributed by atoms with Gasteiger partial charge < -0.3 is 29.7 Å². The molecule has 1 aromatic carbocycles. The number of nitrogens with one attached hydrogen (secondary N) is 2. The molecule has 0 bridgehead atoms. The van der Waals surface area contributed by atoms with E-state index < -0.39 is 34.6 Å². The highest BCUT2D eigenvalue weighted by molar-refractivity contribution is 6.07. The number of ether oxygens (including phenoxy) is 1. The number of rotatable bonds is 5. The van der Waals surface area contributed by atoms with E-state index in [2.05, 4.69) is 25.2 Å². The lowest BCUT2D eigenvalue weighted by atomic mass is 10.1. The van der Waals surface area contributed by atoms with Gasteiger partial charge in [-0.1, -0.05) is 0 Å². The highest BCUT2D eigenvalue weighted by Gasteiger charge is 2.36. The van der Waals surface area contributed by atoms with Crippen LogP contribution in [-0.2, 0) is 10.9 Å². The molecule has 4 heterocycles. The molecule has 3 aromatic rings. The number of hydrogen-bond acceptors (Lipinski definition) is 8. The Morgan fingerprint density at radius 1 is 1.12 bits per heavy atom. The largest absolute Gasteiger partial charge is 0.417 e. The molecule has 1 atom stereocenters. The molecule has 1 amide bonds. The van der Waals surface area contributed by atoms with E-state index in [9.17, 15) is 22.8 Å². The lowest BCUT2D eigenvalue weighted by Crippen LogP contribution is -2.50. The maximum Gasteiger partial charge on any atom is 0.417 e. The van der Waals surface area contributed by atoms with Crippen molar-refractivity contribution in [1.29, 1.82) is 0 Å². The third-order valence-electron chi connectivity index (χ3n) is 7.32. The predicted molar refractivity (Wildman–Crippen MR) is 145 cm³/mol. The lowest BCUT2D eigenvalue weighted by Gasteiger charge is -2.39. The van der Waals surface area contributed by atoms with Crippen molar-refractivity contribution >= 4 is 23.2 Å². The van der Waals surface area contributed by atoms with E-state index >= 15 is 4.39 Å². The number of aromatic amines is 1. The summed E-state index contributed by atoms with van der Waals surface area (Å²) in [6, 6.07) is 4.59. The van der Waals surface area contributed by atoms with Crippen molar-refractivity contribution in [2.45, 2.75) is 19.1 Å². The van der Waals surface area contributed by atoms with Gasteiger partial charge in [-0.3, -0.25) is 9.59 Å². The molecular weight excluding hydrogens is 546 g/mol. The zero-order valence-electron chi connectivity index (χ0n) is 22.5. The van der Waals surface area contributed by atoms with Gasteiger partial charge in [0.1, 0.15) is 5.82 Å². The van der Waals surface area contributed by atoms with Crippen LogP contribution in [0.3, 0.4) is 0 Å². The molecule has 2 aliphatic rings. The summed E-state index contributed by atoms with van der Waals surface area (Å²) < 4.78 is 62.1. The summed E-state index contributed by atoms with van der Waals surface area (Å²) in [6.07, 6.45) is -2.72. The molecule has 2 fully saturated rings. The number of alkyl halides is 3. The number of pyridine rings is 1. The Bertz CT molecular complexity index is 1490. The average molecular weight is 576 g/mol. The van der Waals surface area contributed by atoms with Crippen LogP contribution >= 0.6 is 0 Å². The van der Waals surface area contributed by atoms with Gasteiger partial charge in [0.2, 0.25) is 11.5 Å². The Hall–Kier alpha value is -4.04. The van der Waals surface area contributed by atoms with Gasteiger partial charge in [0.15, 0.2) is 0 Å². The van der Waals surface area contributed by atoms with Crippen LogP contribution in [0.1, 0.15) is 22.8 Å². The Morgan fingerprint density at radius 3 is 2.59 bits per heavy atom. The molecule has 10 nitrogen and oxygen atoms in total. The molecule has 41 heavy (non-hydrogen) atoms. The van der Waals surface area contributed by atoms with Gasteiger partial charge in [-0.2, -0.15) is 13.2 Å². The normalized spacial score (nSPS) is 18.4. The van der Waals surface area contributed by atoms with Gasteiger partial charge in [-0.05, 0) is 32.2 Å². The van der Waals surface area contributed by atoms with Gasteiger partial charge in [-0.15, -0.1) is 0 Å². The number of morpholine rings is 1. The summed E-state index contributed by atoms with van der Waals surface area (Å²) in [5, 5.41) is 2.54. The van der Waals surface area contributed by atoms with E-state index in [1.807, 2.05) is 23.8 Å². The number of amides is 1. The fraction of sp³-hybridized carbons (Fsp3) is 0.407. The van der Waals surface area contributed by atoms with Crippen molar-refractivity contribution in [2.24, 2.45) is 0 Å². The van der Waals surface area contributed by atoms with Crippen molar-refractivity contribution < 1.29 is 27.1 Å². The second-order valence-corrected chi connectivity index (χ2v) is 10.0. The Morgan fingerprint density at radius 2 is 1.88 bits per heavy atom.